The van der Waals surface area contributed by atoms with E-state index < -0.39 is 0 Å². The third-order valence-electron chi connectivity index (χ3n) is 3.40. The minimum absolute atomic E-state index is 0.212. The van der Waals surface area contributed by atoms with Gasteiger partial charge in [-0.1, -0.05) is 17.7 Å². The second-order valence-corrected chi connectivity index (χ2v) is 4.95. The van der Waals surface area contributed by atoms with E-state index in [0.29, 0.717) is 23.6 Å². The molecule has 0 unspecified atom stereocenters. The third kappa shape index (κ3) is 2.82. The molecule has 1 atom stereocenters. The van der Waals surface area contributed by atoms with Crippen LogP contribution in [-0.2, 0) is 11.2 Å². The van der Waals surface area contributed by atoms with Gasteiger partial charge in [0.2, 0.25) is 5.91 Å². The molecule has 0 spiro atoms. The highest BCUT2D eigenvalue weighted by atomic mass is 35.5. The Labute approximate surface area is 111 Å². The molecule has 2 rings (SSSR count). The maximum absolute atomic E-state index is 13.6. The highest BCUT2D eigenvalue weighted by molar-refractivity contribution is 6.31. The van der Waals surface area contributed by atoms with Crippen molar-refractivity contribution in [2.24, 2.45) is 5.73 Å². The quantitative estimate of drug-likeness (QED) is 0.909. The first-order valence-electron chi connectivity index (χ1n) is 6.06. The molecule has 1 aliphatic rings. The lowest BCUT2D eigenvalue weighted by Gasteiger charge is -2.21. The number of benzene rings is 1. The smallest absolute Gasteiger partial charge is 0.234 e. The molecule has 1 amide bonds. The van der Waals surface area contributed by atoms with Crippen LogP contribution in [0, 0.1) is 5.82 Å². The van der Waals surface area contributed by atoms with Gasteiger partial charge in [-0.25, -0.2) is 4.39 Å². The lowest BCUT2D eigenvalue weighted by molar-refractivity contribution is -0.122. The van der Waals surface area contributed by atoms with Crippen LogP contribution in [0.25, 0.3) is 0 Å². The second kappa shape index (κ2) is 5.67. The maximum Gasteiger partial charge on any atom is 0.234 e. The Bertz CT molecular complexity index is 432. The number of halogens is 2. The van der Waals surface area contributed by atoms with E-state index in [-0.39, 0.29) is 17.8 Å². The monoisotopic (exact) mass is 270 g/mol. The first-order chi connectivity index (χ1) is 8.59. The van der Waals surface area contributed by atoms with Crippen molar-refractivity contribution >= 4 is 17.5 Å². The average Bonchev–Trinajstić information content (AvgIpc) is 2.76. The molecule has 1 saturated heterocycles. The number of primary amides is 1. The summed E-state index contributed by atoms with van der Waals surface area (Å²) >= 11 is 5.96. The topological polar surface area (TPSA) is 46.3 Å². The summed E-state index contributed by atoms with van der Waals surface area (Å²) in [5.41, 5.74) is 5.84. The van der Waals surface area contributed by atoms with E-state index in [4.69, 9.17) is 17.3 Å². The van der Waals surface area contributed by atoms with Crippen molar-refractivity contribution < 1.29 is 9.18 Å². The van der Waals surface area contributed by atoms with Crippen LogP contribution in [0.15, 0.2) is 18.2 Å². The van der Waals surface area contributed by atoms with Crippen molar-refractivity contribution in [2.45, 2.75) is 25.3 Å². The zero-order valence-electron chi connectivity index (χ0n) is 10.0. The summed E-state index contributed by atoms with van der Waals surface area (Å²) in [5, 5.41) is 0.435. The van der Waals surface area contributed by atoms with E-state index in [1.54, 1.807) is 12.1 Å². The van der Waals surface area contributed by atoms with Gasteiger partial charge in [-0.3, -0.25) is 9.69 Å². The number of hydrogen-bond acceptors (Lipinski definition) is 2. The first-order valence-corrected chi connectivity index (χ1v) is 6.43. The van der Waals surface area contributed by atoms with Gasteiger partial charge in [0.25, 0.3) is 0 Å². The average molecular weight is 271 g/mol. The number of likely N-dealkylation sites (tertiary alicyclic amines) is 1. The third-order valence-corrected chi connectivity index (χ3v) is 3.76. The summed E-state index contributed by atoms with van der Waals surface area (Å²) in [6.45, 7) is 1.44. The Morgan fingerprint density at radius 2 is 2.33 bits per heavy atom. The molecule has 0 radical (unpaired) electrons. The van der Waals surface area contributed by atoms with Gasteiger partial charge in [-0.2, -0.15) is 0 Å². The molecule has 1 aromatic carbocycles. The normalized spacial score (nSPS) is 20.2. The fraction of sp³-hybridized carbons (Fsp3) is 0.462. The molecule has 0 aromatic heterocycles. The summed E-state index contributed by atoms with van der Waals surface area (Å²) in [6.07, 6.45) is 2.24. The van der Waals surface area contributed by atoms with Crippen LogP contribution in [0.2, 0.25) is 5.02 Å². The molecule has 0 saturated carbocycles. The lowest BCUT2D eigenvalue weighted by atomic mass is 10.1. The van der Waals surface area contributed by atoms with E-state index >= 15 is 0 Å². The Hall–Kier alpha value is -1.13. The summed E-state index contributed by atoms with van der Waals surface area (Å²) < 4.78 is 13.6. The van der Waals surface area contributed by atoms with Gasteiger partial charge in [-0.05, 0) is 37.9 Å². The van der Waals surface area contributed by atoms with Gasteiger partial charge in [-0.15, -0.1) is 0 Å². The van der Waals surface area contributed by atoms with Crippen molar-refractivity contribution in [3.05, 3.63) is 34.6 Å². The van der Waals surface area contributed by atoms with Gasteiger partial charge < -0.3 is 5.73 Å². The van der Waals surface area contributed by atoms with Crippen molar-refractivity contribution in [1.82, 2.24) is 4.90 Å². The molecular weight excluding hydrogens is 255 g/mol. The highest BCUT2D eigenvalue weighted by Gasteiger charge is 2.28. The van der Waals surface area contributed by atoms with E-state index in [9.17, 15) is 9.18 Å². The number of hydrogen-bond donors (Lipinski definition) is 1. The molecule has 2 N–H and O–H groups in total. The summed E-state index contributed by atoms with van der Waals surface area (Å²) in [7, 11) is 0. The maximum atomic E-state index is 13.6. The molecular formula is C13H16ClFN2O. The number of rotatable bonds is 4. The van der Waals surface area contributed by atoms with Crippen molar-refractivity contribution in [3.63, 3.8) is 0 Å². The minimum atomic E-state index is -0.299. The molecule has 3 nitrogen and oxygen atoms in total. The molecule has 5 heteroatoms. The van der Waals surface area contributed by atoms with Crippen molar-refractivity contribution in [2.75, 3.05) is 13.1 Å². The number of nitrogens with two attached hydrogens (primary N) is 1. The fourth-order valence-electron chi connectivity index (χ4n) is 2.44. The van der Waals surface area contributed by atoms with Crippen molar-refractivity contribution in [3.8, 4) is 0 Å². The van der Waals surface area contributed by atoms with Crippen molar-refractivity contribution in [1.29, 1.82) is 0 Å². The van der Waals surface area contributed by atoms with E-state index in [0.717, 1.165) is 19.4 Å². The standard InChI is InChI=1S/C13H16ClFN2O/c14-10-3-1-4-11(15)9(10)6-8-17-7-2-5-12(17)13(16)18/h1,3-4,12H,2,5-8H2,(H2,16,18)/t12-/m1/s1. The van der Waals surface area contributed by atoms with E-state index in [1.807, 2.05) is 4.90 Å². The summed E-state index contributed by atoms with van der Waals surface area (Å²) in [5.74, 6) is -0.593. The summed E-state index contributed by atoms with van der Waals surface area (Å²) in [6, 6.07) is 4.45. The zero-order chi connectivity index (χ0) is 13.1. The molecule has 0 aliphatic carbocycles. The van der Waals surface area contributed by atoms with Crippen LogP contribution in [0.5, 0.6) is 0 Å². The molecule has 0 bridgehead atoms. The molecule has 1 aromatic rings. The van der Waals surface area contributed by atoms with E-state index in [2.05, 4.69) is 0 Å². The fourth-order valence-corrected chi connectivity index (χ4v) is 2.70. The molecule has 18 heavy (non-hydrogen) atoms. The highest BCUT2D eigenvalue weighted by Crippen LogP contribution is 2.22. The molecule has 98 valence electrons. The largest absolute Gasteiger partial charge is 0.368 e. The Morgan fingerprint density at radius 3 is 3.00 bits per heavy atom. The second-order valence-electron chi connectivity index (χ2n) is 4.55. The Balaban J connectivity index is 2.01. The van der Waals surface area contributed by atoms with Gasteiger partial charge in [0.15, 0.2) is 0 Å². The van der Waals surface area contributed by atoms with Crippen LogP contribution in [-0.4, -0.2) is 29.9 Å². The van der Waals surface area contributed by atoms with Gasteiger partial charge >= 0.3 is 0 Å². The van der Waals surface area contributed by atoms with Crippen LogP contribution in [0.1, 0.15) is 18.4 Å². The predicted molar refractivity (Wildman–Crippen MR) is 68.9 cm³/mol. The SMILES string of the molecule is NC(=O)[C@H]1CCCN1CCc1c(F)cccc1Cl. The predicted octanol–water partition coefficient (Wildman–Crippen LogP) is 1.97. The van der Waals surface area contributed by atoms with Gasteiger partial charge in [0.05, 0.1) is 6.04 Å². The molecule has 1 fully saturated rings. The van der Waals surface area contributed by atoms with Gasteiger partial charge in [0, 0.05) is 17.1 Å². The minimum Gasteiger partial charge on any atom is -0.368 e. The molecule has 1 aliphatic heterocycles. The number of carbonyl (C=O) groups excluding carboxylic acids is 1. The van der Waals surface area contributed by atoms with Crippen LogP contribution < -0.4 is 5.73 Å². The first kappa shape index (κ1) is 13.3. The Morgan fingerprint density at radius 1 is 1.56 bits per heavy atom. The van der Waals surface area contributed by atoms with Crippen LogP contribution in [0.4, 0.5) is 4.39 Å². The number of carbonyl (C=O) groups is 1. The lowest BCUT2D eigenvalue weighted by Crippen LogP contribution is -2.41. The number of nitrogens with zero attached hydrogens (tertiary/aromatic N) is 1. The van der Waals surface area contributed by atoms with Crippen LogP contribution >= 0.6 is 11.6 Å². The van der Waals surface area contributed by atoms with E-state index in [1.165, 1.54) is 6.07 Å². The molecule has 1 heterocycles. The van der Waals surface area contributed by atoms with Gasteiger partial charge in [0.1, 0.15) is 5.82 Å². The van der Waals surface area contributed by atoms with Crippen LogP contribution in [0.3, 0.4) is 0 Å². The Kier molecular flexibility index (Phi) is 4.19. The summed E-state index contributed by atoms with van der Waals surface area (Å²) in [4.78, 5) is 13.2. The zero-order valence-corrected chi connectivity index (χ0v) is 10.8. The number of amides is 1.